The van der Waals surface area contributed by atoms with Crippen molar-refractivity contribution < 1.29 is 14.3 Å². The standard InChI is InChI=1S/C28H24ClN3O3S/c1-16-14-19(31-27(33)22-10-8-18(29)15-24(22)35-3)9-11-20(16)28(34)32-13-12-25-26(30-17(2)36-25)21-6-4-5-7-23(21)32/h4-11,14-15H,12-13H2,1-3H3,(H,31,33). The number of aryl methyl sites for hydroxylation is 2. The molecule has 0 fully saturated rings. The molecule has 0 spiro atoms. The molecule has 8 heteroatoms. The van der Waals surface area contributed by atoms with Crippen molar-refractivity contribution in [3.05, 3.63) is 92.3 Å². The van der Waals surface area contributed by atoms with E-state index in [0.29, 0.717) is 34.1 Å². The fourth-order valence-electron chi connectivity index (χ4n) is 4.48. The van der Waals surface area contributed by atoms with Crippen LogP contribution >= 0.6 is 22.9 Å². The first-order valence-electron chi connectivity index (χ1n) is 11.5. The summed E-state index contributed by atoms with van der Waals surface area (Å²) in [7, 11) is 1.49. The molecule has 36 heavy (non-hydrogen) atoms. The Morgan fingerprint density at radius 2 is 1.83 bits per heavy atom. The van der Waals surface area contributed by atoms with E-state index in [1.807, 2.05) is 43.0 Å². The number of nitrogens with one attached hydrogen (secondary N) is 1. The number of methoxy groups -OCH3 is 1. The Morgan fingerprint density at radius 1 is 1.06 bits per heavy atom. The maximum absolute atomic E-state index is 13.7. The van der Waals surface area contributed by atoms with Gasteiger partial charge in [-0.1, -0.05) is 29.8 Å². The second-order valence-corrected chi connectivity index (χ2v) is 10.3. The molecular weight excluding hydrogens is 494 g/mol. The van der Waals surface area contributed by atoms with E-state index in [4.69, 9.17) is 21.3 Å². The highest BCUT2D eigenvalue weighted by Crippen LogP contribution is 2.39. The number of hydrogen-bond acceptors (Lipinski definition) is 5. The summed E-state index contributed by atoms with van der Waals surface area (Å²) >= 11 is 7.69. The van der Waals surface area contributed by atoms with Gasteiger partial charge < -0.3 is 15.0 Å². The molecule has 0 radical (unpaired) electrons. The van der Waals surface area contributed by atoms with Crippen molar-refractivity contribution in [3.8, 4) is 17.0 Å². The quantitative estimate of drug-likeness (QED) is 0.333. The van der Waals surface area contributed by atoms with Crippen LogP contribution in [-0.2, 0) is 6.42 Å². The number of anilines is 2. The predicted octanol–water partition coefficient (Wildman–Crippen LogP) is 6.54. The molecule has 1 aliphatic heterocycles. The molecule has 182 valence electrons. The second kappa shape index (κ2) is 9.76. The number of nitrogens with zero attached hydrogens (tertiary/aromatic N) is 2. The van der Waals surface area contributed by atoms with E-state index in [2.05, 4.69) is 5.32 Å². The van der Waals surface area contributed by atoms with Gasteiger partial charge in [-0.25, -0.2) is 4.98 Å². The summed E-state index contributed by atoms with van der Waals surface area (Å²) in [5.41, 5.74) is 5.11. The number of carbonyl (C=O) groups is 2. The van der Waals surface area contributed by atoms with Gasteiger partial charge in [0.1, 0.15) is 5.75 Å². The highest BCUT2D eigenvalue weighted by Gasteiger charge is 2.27. The van der Waals surface area contributed by atoms with Crippen LogP contribution in [0, 0.1) is 13.8 Å². The van der Waals surface area contributed by atoms with Gasteiger partial charge in [0.25, 0.3) is 11.8 Å². The lowest BCUT2D eigenvalue weighted by Gasteiger charge is -2.24. The van der Waals surface area contributed by atoms with Crippen LogP contribution in [0.25, 0.3) is 11.3 Å². The van der Waals surface area contributed by atoms with E-state index in [-0.39, 0.29) is 11.8 Å². The molecule has 0 saturated heterocycles. The molecule has 6 nitrogen and oxygen atoms in total. The largest absolute Gasteiger partial charge is 0.496 e. The zero-order valence-electron chi connectivity index (χ0n) is 20.1. The summed E-state index contributed by atoms with van der Waals surface area (Å²) < 4.78 is 5.29. The fraction of sp³-hybridized carbons (Fsp3) is 0.179. The Hall–Kier alpha value is -3.68. The van der Waals surface area contributed by atoms with Gasteiger partial charge in [-0.15, -0.1) is 11.3 Å². The normalized spacial score (nSPS) is 12.4. The van der Waals surface area contributed by atoms with Crippen molar-refractivity contribution in [2.45, 2.75) is 20.3 Å². The number of thiazole rings is 1. The minimum absolute atomic E-state index is 0.0796. The number of ether oxygens (including phenoxy) is 1. The third-order valence-electron chi connectivity index (χ3n) is 6.18. The Morgan fingerprint density at radius 3 is 2.61 bits per heavy atom. The highest BCUT2D eigenvalue weighted by atomic mass is 35.5. The number of benzene rings is 3. The van der Waals surface area contributed by atoms with Crippen LogP contribution in [0.1, 0.15) is 36.2 Å². The van der Waals surface area contributed by atoms with E-state index >= 15 is 0 Å². The number of aromatic nitrogens is 1. The van der Waals surface area contributed by atoms with E-state index < -0.39 is 0 Å². The first kappa shape index (κ1) is 24.0. The lowest BCUT2D eigenvalue weighted by atomic mass is 10.0. The van der Waals surface area contributed by atoms with Crippen LogP contribution in [0.15, 0.2) is 60.7 Å². The average molecular weight is 518 g/mol. The molecular formula is C28H24ClN3O3S. The molecule has 0 unspecified atom stereocenters. The lowest BCUT2D eigenvalue weighted by Crippen LogP contribution is -2.33. The second-order valence-electron chi connectivity index (χ2n) is 8.56. The number of para-hydroxylation sites is 1. The van der Waals surface area contributed by atoms with Crippen LogP contribution in [0.3, 0.4) is 0 Å². The van der Waals surface area contributed by atoms with Crippen LogP contribution in [-0.4, -0.2) is 30.5 Å². The minimum Gasteiger partial charge on any atom is -0.496 e. The van der Waals surface area contributed by atoms with E-state index in [1.165, 1.54) is 12.0 Å². The van der Waals surface area contributed by atoms with Crippen LogP contribution in [0.2, 0.25) is 5.02 Å². The molecule has 0 atom stereocenters. The Balaban J connectivity index is 1.41. The molecule has 0 saturated carbocycles. The third-order valence-corrected chi connectivity index (χ3v) is 7.45. The van der Waals surface area contributed by atoms with Crippen molar-refractivity contribution in [1.29, 1.82) is 0 Å². The summed E-state index contributed by atoms with van der Waals surface area (Å²) in [6.07, 6.45) is 0.747. The van der Waals surface area contributed by atoms with Gasteiger partial charge in [0.05, 0.1) is 29.1 Å². The SMILES string of the molecule is COc1cc(Cl)ccc1C(=O)Nc1ccc(C(=O)N2CCc3sc(C)nc3-c3ccccc32)c(C)c1. The molecule has 2 amide bonds. The van der Waals surface area contributed by atoms with Gasteiger partial charge >= 0.3 is 0 Å². The lowest BCUT2D eigenvalue weighted by molar-refractivity contribution is 0.0985. The number of halogens is 1. The maximum Gasteiger partial charge on any atom is 0.259 e. The van der Waals surface area contributed by atoms with Crippen molar-refractivity contribution in [1.82, 2.24) is 4.98 Å². The highest BCUT2D eigenvalue weighted by molar-refractivity contribution is 7.12. The molecule has 4 aromatic rings. The minimum atomic E-state index is -0.322. The van der Waals surface area contributed by atoms with E-state index in [9.17, 15) is 9.59 Å². The van der Waals surface area contributed by atoms with Gasteiger partial charge in [-0.05, 0) is 61.9 Å². The molecule has 1 N–H and O–H groups in total. The van der Waals surface area contributed by atoms with Gasteiger partial charge in [0.15, 0.2) is 0 Å². The first-order valence-corrected chi connectivity index (χ1v) is 12.7. The summed E-state index contributed by atoms with van der Waals surface area (Å²) in [6.45, 7) is 4.45. The maximum atomic E-state index is 13.7. The average Bonchev–Trinajstić information content (AvgIpc) is 3.17. The Labute approximate surface area is 218 Å². The number of carbonyl (C=O) groups excluding carboxylic acids is 2. The van der Waals surface area contributed by atoms with Crippen molar-refractivity contribution in [2.24, 2.45) is 0 Å². The van der Waals surface area contributed by atoms with Gasteiger partial charge in [-0.3, -0.25) is 9.59 Å². The number of fused-ring (bicyclic) bond motifs is 3. The van der Waals surface area contributed by atoms with Crippen molar-refractivity contribution >= 4 is 46.1 Å². The Kier molecular flexibility index (Phi) is 6.51. The first-order chi connectivity index (χ1) is 17.4. The molecule has 1 aromatic heterocycles. The smallest absolute Gasteiger partial charge is 0.259 e. The summed E-state index contributed by atoms with van der Waals surface area (Å²) in [5, 5.41) is 4.40. The Bertz CT molecular complexity index is 1500. The van der Waals surface area contributed by atoms with Crippen molar-refractivity contribution in [3.63, 3.8) is 0 Å². The number of rotatable bonds is 4. The molecule has 0 bridgehead atoms. The van der Waals surface area contributed by atoms with Gasteiger partial charge in [-0.2, -0.15) is 0 Å². The van der Waals surface area contributed by atoms with Crippen LogP contribution < -0.4 is 15.0 Å². The zero-order valence-corrected chi connectivity index (χ0v) is 21.7. The fourth-order valence-corrected chi connectivity index (χ4v) is 5.58. The predicted molar refractivity (Wildman–Crippen MR) is 145 cm³/mol. The topological polar surface area (TPSA) is 71.5 Å². The monoisotopic (exact) mass is 517 g/mol. The van der Waals surface area contributed by atoms with Crippen LogP contribution in [0.4, 0.5) is 11.4 Å². The van der Waals surface area contributed by atoms with Crippen LogP contribution in [0.5, 0.6) is 5.75 Å². The molecule has 1 aliphatic rings. The molecule has 2 heterocycles. The summed E-state index contributed by atoms with van der Waals surface area (Å²) in [4.78, 5) is 34.4. The summed E-state index contributed by atoms with van der Waals surface area (Å²) in [5.74, 6) is -0.0111. The van der Waals surface area contributed by atoms with Gasteiger partial charge in [0.2, 0.25) is 0 Å². The van der Waals surface area contributed by atoms with Gasteiger partial charge in [0, 0.05) is 39.7 Å². The molecule has 3 aromatic carbocycles. The third kappa shape index (κ3) is 4.47. The van der Waals surface area contributed by atoms with E-state index in [1.54, 1.807) is 47.7 Å². The zero-order chi connectivity index (χ0) is 25.4. The number of amides is 2. The molecule has 5 rings (SSSR count). The number of hydrogen-bond donors (Lipinski definition) is 1. The van der Waals surface area contributed by atoms with Crippen molar-refractivity contribution in [2.75, 3.05) is 23.9 Å². The molecule has 0 aliphatic carbocycles. The summed E-state index contributed by atoms with van der Waals surface area (Å²) in [6, 6.07) is 18.1. The van der Waals surface area contributed by atoms with E-state index in [0.717, 1.165) is 33.9 Å².